The van der Waals surface area contributed by atoms with Crippen LogP contribution < -0.4 is 5.73 Å². The average molecular weight is 147 g/mol. The van der Waals surface area contributed by atoms with E-state index in [4.69, 9.17) is 10.8 Å². The number of aliphatic hydroxyl groups excluding tert-OH is 1. The molecule has 0 aliphatic carbocycles. The third kappa shape index (κ3) is 2.23. The van der Waals surface area contributed by atoms with E-state index in [9.17, 15) is 0 Å². The summed E-state index contributed by atoms with van der Waals surface area (Å²) in [4.78, 5) is 0. The summed E-state index contributed by atoms with van der Waals surface area (Å²) in [6.07, 6.45) is 2.42. The summed E-state index contributed by atoms with van der Waals surface area (Å²) >= 11 is 0. The molecule has 2 heteroatoms. The molecule has 1 aromatic carbocycles. The molecule has 0 saturated heterocycles. The van der Waals surface area contributed by atoms with Crippen LogP contribution in [0.4, 0.5) is 5.69 Å². The van der Waals surface area contributed by atoms with Gasteiger partial charge in [0.25, 0.3) is 0 Å². The summed E-state index contributed by atoms with van der Waals surface area (Å²) in [5.74, 6) is 2.55. The first kappa shape index (κ1) is 7.49. The molecule has 0 aliphatic heterocycles. The molecular weight excluding hydrogens is 138 g/mol. The zero-order chi connectivity index (χ0) is 8.10. The molecule has 0 spiro atoms. The normalized spacial score (nSPS) is 8.36. The van der Waals surface area contributed by atoms with Crippen LogP contribution in [0.2, 0.25) is 0 Å². The van der Waals surface area contributed by atoms with Crippen molar-refractivity contribution in [2.45, 2.75) is 6.42 Å². The molecule has 11 heavy (non-hydrogen) atoms. The molecule has 0 bridgehead atoms. The third-order valence-electron chi connectivity index (χ3n) is 1.35. The molecule has 2 nitrogen and oxygen atoms in total. The Labute approximate surface area is 65.7 Å². The summed E-state index contributed by atoms with van der Waals surface area (Å²) in [5, 5.41) is 8.20. The number of anilines is 1. The first-order valence-electron chi connectivity index (χ1n) is 3.29. The summed E-state index contributed by atoms with van der Waals surface area (Å²) < 4.78 is 0. The molecular formula is C9H9NO. The molecule has 0 saturated carbocycles. The van der Waals surface area contributed by atoms with Gasteiger partial charge in [-0.05, 0) is 17.7 Å². The van der Waals surface area contributed by atoms with Crippen LogP contribution >= 0.6 is 0 Å². The fourth-order valence-electron chi connectivity index (χ4n) is 0.777. The van der Waals surface area contributed by atoms with E-state index in [1.807, 2.05) is 30.4 Å². The smallest absolute Gasteiger partial charge is 0.107 e. The lowest BCUT2D eigenvalue weighted by atomic mass is 10.1. The van der Waals surface area contributed by atoms with Crippen molar-refractivity contribution >= 4 is 5.69 Å². The molecule has 56 valence electrons. The predicted octanol–water partition coefficient (Wildman–Crippen LogP) is 1.14. The Balaban J connectivity index is 2.71. The zero-order valence-corrected chi connectivity index (χ0v) is 6.04. The Morgan fingerprint density at radius 3 is 2.45 bits per heavy atom. The van der Waals surface area contributed by atoms with Crippen molar-refractivity contribution in [3.63, 3.8) is 0 Å². The van der Waals surface area contributed by atoms with Gasteiger partial charge in [0.2, 0.25) is 0 Å². The average Bonchev–Trinajstić information content (AvgIpc) is 2.04. The number of benzene rings is 1. The van der Waals surface area contributed by atoms with Crippen molar-refractivity contribution in [3.8, 4) is 12.0 Å². The van der Waals surface area contributed by atoms with Crippen molar-refractivity contribution in [1.29, 1.82) is 0 Å². The Morgan fingerprint density at radius 1 is 1.27 bits per heavy atom. The molecule has 0 amide bonds. The number of hydrogen-bond acceptors (Lipinski definition) is 2. The Kier molecular flexibility index (Phi) is 2.40. The van der Waals surface area contributed by atoms with E-state index in [1.54, 1.807) is 0 Å². The SMILES string of the molecule is Nc1ccc(CC#CO)cc1. The van der Waals surface area contributed by atoms with Gasteiger partial charge in [-0.2, -0.15) is 0 Å². The molecule has 0 unspecified atom stereocenters. The molecule has 0 fully saturated rings. The second-order valence-electron chi connectivity index (χ2n) is 2.21. The van der Waals surface area contributed by atoms with E-state index in [1.165, 1.54) is 0 Å². The van der Waals surface area contributed by atoms with Crippen LogP contribution in [-0.4, -0.2) is 5.11 Å². The third-order valence-corrected chi connectivity index (χ3v) is 1.35. The van der Waals surface area contributed by atoms with Crippen molar-refractivity contribution < 1.29 is 5.11 Å². The summed E-state index contributed by atoms with van der Waals surface area (Å²) in [5.41, 5.74) is 7.27. The summed E-state index contributed by atoms with van der Waals surface area (Å²) in [7, 11) is 0. The number of hydrogen-bond donors (Lipinski definition) is 2. The van der Waals surface area contributed by atoms with Crippen LogP contribution in [0, 0.1) is 12.0 Å². The van der Waals surface area contributed by atoms with Crippen LogP contribution in [0.1, 0.15) is 5.56 Å². The van der Waals surface area contributed by atoms with Crippen LogP contribution in [0.5, 0.6) is 0 Å². The fraction of sp³-hybridized carbons (Fsp3) is 0.111. The first-order chi connectivity index (χ1) is 5.33. The minimum Gasteiger partial charge on any atom is -0.462 e. The minimum atomic E-state index is 0.566. The van der Waals surface area contributed by atoms with Gasteiger partial charge in [0.15, 0.2) is 0 Å². The second kappa shape index (κ2) is 3.52. The quantitative estimate of drug-likeness (QED) is 0.462. The van der Waals surface area contributed by atoms with Gasteiger partial charge in [-0.25, -0.2) is 0 Å². The second-order valence-corrected chi connectivity index (χ2v) is 2.21. The maximum Gasteiger partial charge on any atom is 0.107 e. The highest BCUT2D eigenvalue weighted by molar-refractivity contribution is 5.39. The van der Waals surface area contributed by atoms with Gasteiger partial charge in [0, 0.05) is 12.1 Å². The van der Waals surface area contributed by atoms with Crippen LogP contribution in [0.3, 0.4) is 0 Å². The molecule has 1 aromatic rings. The van der Waals surface area contributed by atoms with Gasteiger partial charge in [-0.15, -0.1) is 0 Å². The highest BCUT2D eigenvalue weighted by atomic mass is 16.2. The number of rotatable bonds is 1. The van der Waals surface area contributed by atoms with Crippen molar-refractivity contribution in [1.82, 2.24) is 0 Å². The molecule has 3 N–H and O–H groups in total. The summed E-state index contributed by atoms with van der Waals surface area (Å²) in [6.45, 7) is 0. The highest BCUT2D eigenvalue weighted by Gasteiger charge is 1.87. The molecule has 0 aromatic heterocycles. The van der Waals surface area contributed by atoms with E-state index in [0.29, 0.717) is 6.42 Å². The maximum atomic E-state index is 8.20. The Bertz CT molecular complexity index is 279. The maximum absolute atomic E-state index is 8.20. The lowest BCUT2D eigenvalue weighted by Gasteiger charge is -1.94. The number of nitrogens with two attached hydrogens (primary N) is 1. The lowest BCUT2D eigenvalue weighted by molar-refractivity contribution is 0.516. The van der Waals surface area contributed by atoms with Crippen molar-refractivity contribution in [2.75, 3.05) is 5.73 Å². The van der Waals surface area contributed by atoms with Gasteiger partial charge < -0.3 is 10.8 Å². The minimum absolute atomic E-state index is 0.566. The van der Waals surface area contributed by atoms with Gasteiger partial charge in [0.05, 0.1) is 0 Å². The standard InChI is InChI=1S/C9H9NO/c10-9-5-3-8(4-6-9)2-1-7-11/h3-6,11H,2,10H2. The molecule has 0 radical (unpaired) electrons. The van der Waals surface area contributed by atoms with Gasteiger partial charge in [-0.3, -0.25) is 0 Å². The zero-order valence-electron chi connectivity index (χ0n) is 6.04. The molecule has 0 atom stereocenters. The predicted molar refractivity (Wildman–Crippen MR) is 44.3 cm³/mol. The van der Waals surface area contributed by atoms with E-state index in [2.05, 4.69) is 5.92 Å². The van der Waals surface area contributed by atoms with Gasteiger partial charge >= 0.3 is 0 Å². The Hall–Kier alpha value is -1.62. The largest absolute Gasteiger partial charge is 0.462 e. The molecule has 0 aliphatic rings. The van der Waals surface area contributed by atoms with Gasteiger partial charge in [0.1, 0.15) is 6.11 Å². The monoisotopic (exact) mass is 147 g/mol. The Morgan fingerprint density at radius 2 is 1.91 bits per heavy atom. The van der Waals surface area contributed by atoms with E-state index < -0.39 is 0 Å². The first-order valence-corrected chi connectivity index (χ1v) is 3.29. The van der Waals surface area contributed by atoms with Crippen LogP contribution in [-0.2, 0) is 6.42 Å². The van der Waals surface area contributed by atoms with Crippen LogP contribution in [0.15, 0.2) is 24.3 Å². The van der Waals surface area contributed by atoms with E-state index in [0.717, 1.165) is 11.3 Å². The number of nitrogen functional groups attached to an aromatic ring is 1. The van der Waals surface area contributed by atoms with Crippen molar-refractivity contribution in [3.05, 3.63) is 29.8 Å². The summed E-state index contributed by atoms with van der Waals surface area (Å²) in [6, 6.07) is 7.40. The number of aliphatic hydroxyl groups is 1. The molecule has 1 rings (SSSR count). The topological polar surface area (TPSA) is 46.2 Å². The van der Waals surface area contributed by atoms with E-state index >= 15 is 0 Å². The van der Waals surface area contributed by atoms with Gasteiger partial charge in [-0.1, -0.05) is 18.1 Å². The fourth-order valence-corrected chi connectivity index (χ4v) is 0.777. The van der Waals surface area contributed by atoms with Crippen molar-refractivity contribution in [2.24, 2.45) is 0 Å². The van der Waals surface area contributed by atoms with E-state index in [-0.39, 0.29) is 0 Å². The molecule has 0 heterocycles. The highest BCUT2D eigenvalue weighted by Crippen LogP contribution is 2.04. The van der Waals surface area contributed by atoms with Crippen LogP contribution in [0.25, 0.3) is 0 Å². The lowest BCUT2D eigenvalue weighted by Crippen LogP contribution is -1.85.